The molecule has 0 amide bonds. The number of methoxy groups -OCH3 is 1. The van der Waals surface area contributed by atoms with Crippen LogP contribution in [-0.2, 0) is 0 Å². The minimum atomic E-state index is 0.205. The molecular formula is C14H15ClN2O3. The molecule has 1 saturated carbocycles. The first kappa shape index (κ1) is 13.1. The molecule has 5 nitrogen and oxygen atoms in total. The van der Waals surface area contributed by atoms with Gasteiger partial charge in [0.2, 0.25) is 5.88 Å². The Bertz CT molecular complexity index is 623. The number of benzene rings is 1. The highest BCUT2D eigenvalue weighted by Crippen LogP contribution is 2.45. The van der Waals surface area contributed by atoms with Crippen molar-refractivity contribution < 1.29 is 14.0 Å². The predicted octanol–water partition coefficient (Wildman–Crippen LogP) is 3.37. The Morgan fingerprint density at radius 1 is 1.45 bits per heavy atom. The van der Waals surface area contributed by atoms with E-state index in [0.717, 1.165) is 0 Å². The number of rotatable bonds is 5. The van der Waals surface area contributed by atoms with Gasteiger partial charge in [-0.15, -0.1) is 0 Å². The van der Waals surface area contributed by atoms with Gasteiger partial charge in [-0.25, -0.2) is 0 Å². The molecule has 1 heterocycles. The standard InChI is InChI=1S/C14H15ClN2O3/c1-18-11-5-4-10(15)12(9-6-17-20-14(9)16)13(11)19-7-8-2-3-8/h4-6,8H,2-3,7,16H2,1H3. The van der Waals surface area contributed by atoms with E-state index in [1.807, 2.05) is 0 Å². The Hall–Kier alpha value is -1.88. The number of nitrogens with two attached hydrogens (primary N) is 1. The van der Waals surface area contributed by atoms with Crippen LogP contribution < -0.4 is 15.2 Å². The molecule has 1 fully saturated rings. The molecule has 6 heteroatoms. The van der Waals surface area contributed by atoms with Gasteiger partial charge in [-0.1, -0.05) is 16.8 Å². The van der Waals surface area contributed by atoms with Crippen molar-refractivity contribution in [2.24, 2.45) is 5.92 Å². The SMILES string of the molecule is COc1ccc(Cl)c(-c2cnoc2N)c1OCC1CC1. The van der Waals surface area contributed by atoms with Crippen molar-refractivity contribution in [3.05, 3.63) is 23.4 Å². The molecule has 106 valence electrons. The Kier molecular flexibility index (Phi) is 3.44. The molecule has 1 aromatic heterocycles. The Labute approximate surface area is 121 Å². The van der Waals surface area contributed by atoms with Gasteiger partial charge in [-0.05, 0) is 30.9 Å². The zero-order valence-corrected chi connectivity index (χ0v) is 11.8. The zero-order chi connectivity index (χ0) is 14.1. The normalized spacial score (nSPS) is 14.3. The van der Waals surface area contributed by atoms with Crippen LogP contribution in [0.4, 0.5) is 5.88 Å². The van der Waals surface area contributed by atoms with Gasteiger partial charge in [0.15, 0.2) is 11.5 Å². The van der Waals surface area contributed by atoms with E-state index >= 15 is 0 Å². The lowest BCUT2D eigenvalue weighted by atomic mass is 10.1. The van der Waals surface area contributed by atoms with Crippen molar-refractivity contribution in [1.29, 1.82) is 0 Å². The molecule has 0 bridgehead atoms. The summed E-state index contributed by atoms with van der Waals surface area (Å²) >= 11 is 6.29. The molecule has 1 aliphatic rings. The first-order chi connectivity index (χ1) is 9.70. The number of nitrogens with zero attached hydrogens (tertiary/aromatic N) is 1. The third kappa shape index (κ3) is 2.41. The fourth-order valence-corrected chi connectivity index (χ4v) is 2.27. The van der Waals surface area contributed by atoms with Crippen molar-refractivity contribution in [3.63, 3.8) is 0 Å². The van der Waals surface area contributed by atoms with Gasteiger partial charge in [0.1, 0.15) is 0 Å². The zero-order valence-electron chi connectivity index (χ0n) is 11.1. The minimum absolute atomic E-state index is 0.205. The number of hydrogen-bond acceptors (Lipinski definition) is 5. The maximum absolute atomic E-state index is 6.29. The largest absolute Gasteiger partial charge is 0.493 e. The summed E-state index contributed by atoms with van der Waals surface area (Å²) in [6.45, 7) is 0.648. The van der Waals surface area contributed by atoms with Crippen LogP contribution in [0, 0.1) is 5.92 Å². The van der Waals surface area contributed by atoms with Crippen LogP contribution in [0.3, 0.4) is 0 Å². The average Bonchev–Trinajstić information content (AvgIpc) is 3.18. The van der Waals surface area contributed by atoms with E-state index in [1.165, 1.54) is 19.0 Å². The molecule has 0 radical (unpaired) electrons. The molecule has 0 unspecified atom stereocenters. The second-order valence-electron chi connectivity index (χ2n) is 4.81. The molecule has 1 aromatic carbocycles. The molecule has 20 heavy (non-hydrogen) atoms. The van der Waals surface area contributed by atoms with Crippen LogP contribution >= 0.6 is 11.6 Å². The van der Waals surface area contributed by atoms with Crippen LogP contribution in [-0.4, -0.2) is 18.9 Å². The van der Waals surface area contributed by atoms with Crippen molar-refractivity contribution in [2.75, 3.05) is 19.5 Å². The van der Waals surface area contributed by atoms with Crippen molar-refractivity contribution in [3.8, 4) is 22.6 Å². The lowest BCUT2D eigenvalue weighted by Gasteiger charge is -2.15. The Morgan fingerprint density at radius 3 is 2.85 bits per heavy atom. The quantitative estimate of drug-likeness (QED) is 0.915. The average molecular weight is 295 g/mol. The van der Waals surface area contributed by atoms with Gasteiger partial charge in [0.05, 0.1) is 36.1 Å². The summed E-state index contributed by atoms with van der Waals surface area (Å²) < 4.78 is 16.2. The third-order valence-corrected chi connectivity index (χ3v) is 3.63. The monoisotopic (exact) mass is 294 g/mol. The highest BCUT2D eigenvalue weighted by molar-refractivity contribution is 6.34. The summed E-state index contributed by atoms with van der Waals surface area (Å²) in [5.74, 6) is 2.02. The van der Waals surface area contributed by atoms with E-state index in [9.17, 15) is 0 Å². The maximum Gasteiger partial charge on any atom is 0.230 e. The van der Waals surface area contributed by atoms with Crippen LogP contribution in [0.25, 0.3) is 11.1 Å². The van der Waals surface area contributed by atoms with E-state index in [0.29, 0.717) is 40.2 Å². The summed E-state index contributed by atoms with van der Waals surface area (Å²) in [7, 11) is 1.59. The third-order valence-electron chi connectivity index (χ3n) is 3.32. The molecule has 0 aliphatic heterocycles. The van der Waals surface area contributed by atoms with Crippen molar-refractivity contribution in [1.82, 2.24) is 5.16 Å². The topological polar surface area (TPSA) is 70.5 Å². The first-order valence-electron chi connectivity index (χ1n) is 6.40. The summed E-state index contributed by atoms with van der Waals surface area (Å²) in [6.07, 6.45) is 3.93. The van der Waals surface area contributed by atoms with Crippen LogP contribution in [0.1, 0.15) is 12.8 Å². The highest BCUT2D eigenvalue weighted by atomic mass is 35.5. The first-order valence-corrected chi connectivity index (χ1v) is 6.78. The minimum Gasteiger partial charge on any atom is -0.493 e. The number of ether oxygens (including phenoxy) is 2. The number of hydrogen-bond donors (Lipinski definition) is 1. The summed E-state index contributed by atoms with van der Waals surface area (Å²) in [5.41, 5.74) is 7.05. The second-order valence-corrected chi connectivity index (χ2v) is 5.22. The summed E-state index contributed by atoms with van der Waals surface area (Å²) in [4.78, 5) is 0. The lowest BCUT2D eigenvalue weighted by molar-refractivity contribution is 0.281. The molecule has 1 aliphatic carbocycles. The molecule has 3 rings (SSSR count). The van der Waals surface area contributed by atoms with E-state index in [-0.39, 0.29) is 5.88 Å². The van der Waals surface area contributed by atoms with Crippen LogP contribution in [0.15, 0.2) is 22.9 Å². The highest BCUT2D eigenvalue weighted by Gasteiger charge is 2.25. The molecular weight excluding hydrogens is 280 g/mol. The number of aromatic nitrogens is 1. The van der Waals surface area contributed by atoms with Gasteiger partial charge in [-0.3, -0.25) is 0 Å². The van der Waals surface area contributed by atoms with Crippen LogP contribution in [0.5, 0.6) is 11.5 Å². The summed E-state index contributed by atoms with van der Waals surface area (Å²) in [6, 6.07) is 3.52. The lowest BCUT2D eigenvalue weighted by Crippen LogP contribution is -2.03. The van der Waals surface area contributed by atoms with Crippen LogP contribution in [0.2, 0.25) is 5.02 Å². The van der Waals surface area contributed by atoms with E-state index in [2.05, 4.69) is 5.16 Å². The Balaban J connectivity index is 2.07. The maximum atomic E-state index is 6.29. The van der Waals surface area contributed by atoms with Gasteiger partial charge in [-0.2, -0.15) is 0 Å². The molecule has 0 spiro atoms. The fraction of sp³-hybridized carbons (Fsp3) is 0.357. The number of halogens is 1. The van der Waals surface area contributed by atoms with Gasteiger partial charge in [0, 0.05) is 0 Å². The Morgan fingerprint density at radius 2 is 2.25 bits per heavy atom. The van der Waals surface area contributed by atoms with Crippen molar-refractivity contribution >= 4 is 17.5 Å². The van der Waals surface area contributed by atoms with Gasteiger partial charge < -0.3 is 19.7 Å². The predicted molar refractivity (Wildman–Crippen MR) is 76.1 cm³/mol. The second kappa shape index (κ2) is 5.25. The van der Waals surface area contributed by atoms with E-state index < -0.39 is 0 Å². The van der Waals surface area contributed by atoms with Gasteiger partial charge >= 0.3 is 0 Å². The number of anilines is 1. The molecule has 0 saturated heterocycles. The molecule has 0 atom stereocenters. The fourth-order valence-electron chi connectivity index (χ4n) is 2.02. The van der Waals surface area contributed by atoms with E-state index in [1.54, 1.807) is 19.2 Å². The van der Waals surface area contributed by atoms with E-state index in [4.69, 9.17) is 31.3 Å². The smallest absolute Gasteiger partial charge is 0.230 e. The molecule has 2 aromatic rings. The van der Waals surface area contributed by atoms with Gasteiger partial charge in [0.25, 0.3) is 0 Å². The molecule has 2 N–H and O–H groups in total. The number of nitrogen functional groups attached to an aromatic ring is 1. The summed E-state index contributed by atoms with van der Waals surface area (Å²) in [5, 5.41) is 4.21. The van der Waals surface area contributed by atoms with Crippen molar-refractivity contribution in [2.45, 2.75) is 12.8 Å².